The highest BCUT2D eigenvalue weighted by Crippen LogP contribution is 2.34. The van der Waals surface area contributed by atoms with Gasteiger partial charge in [-0.25, -0.2) is 0 Å². The molecule has 2 heterocycles. The van der Waals surface area contributed by atoms with E-state index in [1.54, 1.807) is 0 Å². The molecule has 1 saturated heterocycles. The van der Waals surface area contributed by atoms with E-state index in [0.29, 0.717) is 25.5 Å². The monoisotopic (exact) mass is 482 g/mol. The van der Waals surface area contributed by atoms with Crippen molar-refractivity contribution in [3.05, 3.63) is 95.6 Å². The Balaban J connectivity index is 1.10. The summed E-state index contributed by atoms with van der Waals surface area (Å²) in [6.45, 7) is 7.13. The highest BCUT2D eigenvalue weighted by Gasteiger charge is 2.26. The van der Waals surface area contributed by atoms with E-state index in [-0.39, 0.29) is 5.91 Å². The van der Waals surface area contributed by atoms with Crippen LogP contribution in [0.15, 0.2) is 78.9 Å². The fraction of sp³-hybridized carbons (Fsp3) is 0.406. The highest BCUT2D eigenvalue weighted by molar-refractivity contribution is 5.96. The first kappa shape index (κ1) is 24.6. The molecule has 4 nitrogen and oxygen atoms in total. The van der Waals surface area contributed by atoms with Gasteiger partial charge in [0.25, 0.3) is 0 Å². The molecule has 1 atom stereocenters. The zero-order valence-electron chi connectivity index (χ0n) is 21.4. The van der Waals surface area contributed by atoms with Crippen LogP contribution in [0, 0.1) is 5.92 Å². The van der Waals surface area contributed by atoms with Gasteiger partial charge in [-0.2, -0.15) is 0 Å². The number of carbonyl (C=O) groups excluding carboxylic acids is 1. The maximum Gasteiger partial charge on any atom is 0.227 e. The van der Waals surface area contributed by atoms with Gasteiger partial charge in [-0.15, -0.1) is 0 Å². The van der Waals surface area contributed by atoms with Gasteiger partial charge in [-0.05, 0) is 73.4 Å². The van der Waals surface area contributed by atoms with Gasteiger partial charge in [-0.3, -0.25) is 4.79 Å². The number of piperidine rings is 1. The summed E-state index contributed by atoms with van der Waals surface area (Å²) in [5, 5.41) is 0. The average molecular weight is 483 g/mol. The summed E-state index contributed by atoms with van der Waals surface area (Å²) in [4.78, 5) is 17.2. The molecule has 3 aromatic carbocycles. The largest absolute Gasteiger partial charge is 0.493 e. The van der Waals surface area contributed by atoms with Crippen LogP contribution >= 0.6 is 0 Å². The minimum absolute atomic E-state index is 0.188. The molecule has 1 fully saturated rings. The molecular formula is C32H38N2O2. The Morgan fingerprint density at radius 1 is 0.917 bits per heavy atom. The maximum atomic E-state index is 12.7. The second-order valence-electron chi connectivity index (χ2n) is 10.3. The number of likely N-dealkylation sites (tertiary alicyclic amines) is 1. The number of nitrogens with zero attached hydrogens (tertiary/aromatic N) is 2. The number of hydrogen-bond acceptors (Lipinski definition) is 3. The van der Waals surface area contributed by atoms with Gasteiger partial charge in [0, 0.05) is 19.0 Å². The van der Waals surface area contributed by atoms with Gasteiger partial charge in [-0.1, -0.05) is 73.7 Å². The lowest BCUT2D eigenvalue weighted by atomic mass is 9.81. The van der Waals surface area contributed by atoms with E-state index in [9.17, 15) is 4.79 Å². The first-order valence-electron chi connectivity index (χ1n) is 13.5. The fourth-order valence-corrected chi connectivity index (χ4v) is 5.73. The normalized spacial score (nSPS) is 17.6. The number of amides is 1. The van der Waals surface area contributed by atoms with Gasteiger partial charge in [0.2, 0.25) is 5.91 Å². The number of rotatable bonds is 9. The number of hydrogen-bond donors (Lipinski definition) is 0. The molecule has 0 N–H and O–H groups in total. The topological polar surface area (TPSA) is 32.8 Å². The molecule has 0 saturated carbocycles. The van der Waals surface area contributed by atoms with E-state index in [1.807, 2.05) is 23.1 Å². The predicted molar refractivity (Wildman–Crippen MR) is 147 cm³/mol. The molecule has 1 unspecified atom stereocenters. The minimum Gasteiger partial charge on any atom is -0.493 e. The van der Waals surface area contributed by atoms with Gasteiger partial charge in [0.1, 0.15) is 5.75 Å². The fourth-order valence-electron chi connectivity index (χ4n) is 5.73. The molecule has 0 aliphatic carbocycles. The van der Waals surface area contributed by atoms with Crippen molar-refractivity contribution in [2.75, 3.05) is 31.1 Å². The van der Waals surface area contributed by atoms with Crippen molar-refractivity contribution in [3.63, 3.8) is 0 Å². The van der Waals surface area contributed by atoms with Crippen LogP contribution < -0.4 is 9.64 Å². The quantitative estimate of drug-likeness (QED) is 0.329. The number of benzene rings is 3. The van der Waals surface area contributed by atoms with Crippen LogP contribution in [0.1, 0.15) is 55.2 Å². The zero-order chi connectivity index (χ0) is 24.7. The molecule has 2 aliphatic heterocycles. The smallest absolute Gasteiger partial charge is 0.227 e. The molecule has 5 rings (SSSR count). The van der Waals surface area contributed by atoms with Crippen LogP contribution in [0.3, 0.4) is 0 Å². The Hall–Kier alpha value is -3.11. The molecule has 3 aromatic rings. The summed E-state index contributed by atoms with van der Waals surface area (Å²) in [7, 11) is 0. The summed E-state index contributed by atoms with van der Waals surface area (Å²) in [6.07, 6.45) is 4.93. The number of ether oxygens (including phenoxy) is 1. The second kappa shape index (κ2) is 11.7. The van der Waals surface area contributed by atoms with Crippen LogP contribution in [0.25, 0.3) is 0 Å². The van der Waals surface area contributed by atoms with Crippen molar-refractivity contribution in [2.45, 2.75) is 51.5 Å². The molecule has 0 spiro atoms. The molecule has 0 bridgehead atoms. The average Bonchev–Trinajstić information content (AvgIpc) is 2.94. The Morgan fingerprint density at radius 3 is 2.39 bits per heavy atom. The lowest BCUT2D eigenvalue weighted by Crippen LogP contribution is -2.36. The third kappa shape index (κ3) is 5.99. The summed E-state index contributed by atoms with van der Waals surface area (Å²) in [6, 6.07) is 27.4. The molecule has 36 heavy (non-hydrogen) atoms. The lowest BCUT2D eigenvalue weighted by molar-refractivity contribution is -0.119. The van der Waals surface area contributed by atoms with Crippen molar-refractivity contribution < 1.29 is 9.53 Å². The predicted octanol–water partition coefficient (Wildman–Crippen LogP) is 6.45. The molecular weight excluding hydrogens is 444 g/mol. The van der Waals surface area contributed by atoms with Gasteiger partial charge in [0.05, 0.1) is 18.8 Å². The van der Waals surface area contributed by atoms with Crippen molar-refractivity contribution in [2.24, 2.45) is 5.92 Å². The van der Waals surface area contributed by atoms with E-state index in [0.717, 1.165) is 42.3 Å². The molecule has 188 valence electrons. The third-order valence-corrected chi connectivity index (χ3v) is 7.99. The first-order valence-corrected chi connectivity index (χ1v) is 13.5. The van der Waals surface area contributed by atoms with Gasteiger partial charge < -0.3 is 14.5 Å². The zero-order valence-corrected chi connectivity index (χ0v) is 21.4. The molecule has 4 heteroatoms. The van der Waals surface area contributed by atoms with Crippen LogP contribution in [-0.4, -0.2) is 37.0 Å². The minimum atomic E-state index is 0.188. The lowest BCUT2D eigenvalue weighted by Gasteiger charge is -2.35. The standard InChI is InChI=1S/C32H38N2O2/c1-25(27-11-6-3-7-12-27)28-17-20-33(21-18-28)19-8-22-36-30-15-13-29-14-16-32(35)34(31(29)23-30)24-26-9-4-2-5-10-26/h2-7,9-13,15,23,25,28H,8,14,16-22,24H2,1H3. The Bertz CT molecular complexity index is 1120. The van der Waals surface area contributed by atoms with E-state index in [1.165, 1.54) is 37.1 Å². The van der Waals surface area contributed by atoms with Gasteiger partial charge in [0.15, 0.2) is 0 Å². The summed E-state index contributed by atoms with van der Waals surface area (Å²) in [5.74, 6) is 2.45. The van der Waals surface area contributed by atoms with Crippen molar-refractivity contribution >= 4 is 11.6 Å². The molecule has 2 aliphatic rings. The van der Waals surface area contributed by atoms with E-state index in [2.05, 4.69) is 72.5 Å². The first-order chi connectivity index (χ1) is 17.7. The number of fused-ring (bicyclic) bond motifs is 1. The van der Waals surface area contributed by atoms with Crippen LogP contribution in [0.5, 0.6) is 5.75 Å². The van der Waals surface area contributed by atoms with Crippen molar-refractivity contribution in [1.29, 1.82) is 0 Å². The van der Waals surface area contributed by atoms with E-state index < -0.39 is 0 Å². The van der Waals surface area contributed by atoms with E-state index in [4.69, 9.17) is 4.74 Å². The maximum absolute atomic E-state index is 12.7. The molecule has 0 aromatic heterocycles. The van der Waals surface area contributed by atoms with E-state index >= 15 is 0 Å². The van der Waals surface area contributed by atoms with Crippen molar-refractivity contribution in [3.8, 4) is 5.75 Å². The Labute approximate surface area is 215 Å². The Morgan fingerprint density at radius 2 is 1.64 bits per heavy atom. The van der Waals surface area contributed by atoms with Crippen LogP contribution in [-0.2, 0) is 17.8 Å². The highest BCUT2D eigenvalue weighted by atomic mass is 16.5. The summed E-state index contributed by atoms with van der Waals surface area (Å²) in [5.41, 5.74) is 4.85. The number of carbonyl (C=O) groups is 1. The molecule has 1 amide bonds. The summed E-state index contributed by atoms with van der Waals surface area (Å²) >= 11 is 0. The SMILES string of the molecule is CC(c1ccccc1)C1CCN(CCCOc2ccc3c(c2)N(Cc2ccccc2)C(=O)CC3)CC1. The summed E-state index contributed by atoms with van der Waals surface area (Å²) < 4.78 is 6.15. The van der Waals surface area contributed by atoms with Crippen LogP contribution in [0.2, 0.25) is 0 Å². The second-order valence-corrected chi connectivity index (χ2v) is 10.3. The number of aryl methyl sites for hydroxylation is 1. The van der Waals surface area contributed by atoms with Crippen LogP contribution in [0.4, 0.5) is 5.69 Å². The Kier molecular flexibility index (Phi) is 8.02. The third-order valence-electron chi connectivity index (χ3n) is 7.99. The van der Waals surface area contributed by atoms with Crippen molar-refractivity contribution in [1.82, 2.24) is 4.90 Å². The van der Waals surface area contributed by atoms with Gasteiger partial charge >= 0.3 is 0 Å². The molecule has 0 radical (unpaired) electrons. The number of anilines is 1.